The van der Waals surface area contributed by atoms with E-state index in [1.165, 1.54) is 11.8 Å². The minimum absolute atomic E-state index is 0.219. The smallest absolute Gasteiger partial charge is 0.183 e. The summed E-state index contributed by atoms with van der Waals surface area (Å²) in [6, 6.07) is 12.4. The molecule has 0 saturated heterocycles. The second-order valence-electron chi connectivity index (χ2n) is 4.69. The molecule has 0 spiro atoms. The Morgan fingerprint density at radius 1 is 1.30 bits per heavy atom. The Kier molecular flexibility index (Phi) is 4.17. The lowest BCUT2D eigenvalue weighted by molar-refractivity contribution is 0.475. The van der Waals surface area contributed by atoms with Crippen LogP contribution in [0.2, 0.25) is 0 Å². The van der Waals surface area contributed by atoms with Crippen LogP contribution in [0.3, 0.4) is 0 Å². The van der Waals surface area contributed by atoms with Gasteiger partial charge in [-0.05, 0) is 48.7 Å². The van der Waals surface area contributed by atoms with Crippen molar-refractivity contribution < 1.29 is 5.11 Å². The molecule has 0 aliphatic carbocycles. The quantitative estimate of drug-likeness (QED) is 0.291. The molecule has 3 N–H and O–H groups in total. The normalized spacial score (nSPS) is 11.4. The van der Waals surface area contributed by atoms with Crippen LogP contribution in [0.5, 0.6) is 5.75 Å². The molecule has 0 bridgehead atoms. The van der Waals surface area contributed by atoms with E-state index in [4.69, 9.17) is 5.26 Å². The number of rotatable bonds is 2. The molecule has 1 aromatic heterocycles. The van der Waals surface area contributed by atoms with Gasteiger partial charge < -0.3 is 10.1 Å². The molecule has 0 atom stereocenters. The van der Waals surface area contributed by atoms with Gasteiger partial charge in [-0.1, -0.05) is 11.8 Å². The van der Waals surface area contributed by atoms with Crippen LogP contribution >= 0.6 is 11.8 Å². The first kappa shape index (κ1) is 14.9. The van der Waals surface area contributed by atoms with Crippen LogP contribution < -0.4 is 5.32 Å². The first-order valence-electron chi connectivity index (χ1n) is 6.76. The van der Waals surface area contributed by atoms with Crippen molar-refractivity contribution in [1.82, 2.24) is 15.3 Å². The molecular formula is C16H13N5OS. The number of phenolic OH excluding ortho intramolecular Hbond substituents is 1. The maximum atomic E-state index is 9.35. The van der Waals surface area contributed by atoms with Crippen LogP contribution in [0.4, 0.5) is 5.69 Å². The summed E-state index contributed by atoms with van der Waals surface area (Å²) in [6.45, 7) is 0. The number of benzene rings is 2. The van der Waals surface area contributed by atoms with Crippen LogP contribution in [0.15, 0.2) is 47.5 Å². The predicted molar refractivity (Wildman–Crippen MR) is 92.6 cm³/mol. The van der Waals surface area contributed by atoms with Crippen molar-refractivity contribution in [1.29, 1.82) is 5.26 Å². The number of nitriles is 1. The number of aromatic hydroxyl groups is 1. The number of aromatic amines is 1. The predicted octanol–water partition coefficient (Wildman–Crippen LogP) is 3.36. The number of nitrogens with one attached hydrogen (secondary N) is 2. The Bertz CT molecular complexity index is 908. The Hall–Kier alpha value is -2.98. The lowest BCUT2D eigenvalue weighted by Gasteiger charge is -1.99. The molecule has 0 aliphatic heterocycles. The molecule has 0 saturated carbocycles. The minimum atomic E-state index is 0.219. The van der Waals surface area contributed by atoms with E-state index < -0.39 is 0 Å². The van der Waals surface area contributed by atoms with E-state index in [1.54, 1.807) is 24.3 Å². The highest BCUT2D eigenvalue weighted by atomic mass is 32.2. The summed E-state index contributed by atoms with van der Waals surface area (Å²) in [5.74, 6) is 0.942. The third-order valence-corrected chi connectivity index (χ3v) is 3.77. The Labute approximate surface area is 136 Å². The largest absolute Gasteiger partial charge is 0.508 e. The lowest BCUT2D eigenvalue weighted by atomic mass is 10.2. The van der Waals surface area contributed by atoms with Gasteiger partial charge in [0.2, 0.25) is 0 Å². The standard InChI is InChI=1S/C16H13N5OS/c1-23-16(18-9-17)19-11-4-7-13-14(8-11)21-15(20-13)10-2-5-12(22)6-3-10/h2-8,22H,1H3,(H,18,19)(H,20,21). The summed E-state index contributed by atoms with van der Waals surface area (Å²) >= 11 is 1.37. The number of aliphatic imine (C=N–C) groups is 1. The van der Waals surface area contributed by atoms with Gasteiger partial charge in [-0.15, -0.1) is 0 Å². The average molecular weight is 323 g/mol. The topological polar surface area (TPSA) is 97.1 Å². The summed E-state index contributed by atoms with van der Waals surface area (Å²) in [5.41, 5.74) is 3.29. The zero-order valence-corrected chi connectivity index (χ0v) is 13.1. The monoisotopic (exact) mass is 323 g/mol. The van der Waals surface area contributed by atoms with Crippen LogP contribution in [-0.4, -0.2) is 26.5 Å². The van der Waals surface area contributed by atoms with Gasteiger partial charge in [0.1, 0.15) is 11.6 Å². The zero-order chi connectivity index (χ0) is 16.2. The van der Waals surface area contributed by atoms with Gasteiger partial charge in [-0.3, -0.25) is 5.32 Å². The fourth-order valence-electron chi connectivity index (χ4n) is 2.11. The second kappa shape index (κ2) is 6.42. The molecule has 1 heterocycles. The lowest BCUT2D eigenvalue weighted by Crippen LogP contribution is -2.12. The van der Waals surface area contributed by atoms with Crippen molar-refractivity contribution in [3.05, 3.63) is 42.5 Å². The number of hydrogen-bond donors (Lipinski definition) is 3. The van der Waals surface area contributed by atoms with E-state index in [0.29, 0.717) is 5.17 Å². The Morgan fingerprint density at radius 2 is 2.09 bits per heavy atom. The molecule has 0 aliphatic rings. The third kappa shape index (κ3) is 3.27. The van der Waals surface area contributed by atoms with Crippen molar-refractivity contribution in [2.75, 3.05) is 6.26 Å². The molecule has 23 heavy (non-hydrogen) atoms. The Balaban J connectivity index is 1.98. The summed E-state index contributed by atoms with van der Waals surface area (Å²) < 4.78 is 0. The van der Waals surface area contributed by atoms with E-state index in [0.717, 1.165) is 28.1 Å². The van der Waals surface area contributed by atoms with Gasteiger partial charge in [-0.25, -0.2) is 9.98 Å². The van der Waals surface area contributed by atoms with Crippen molar-refractivity contribution in [3.8, 4) is 23.3 Å². The van der Waals surface area contributed by atoms with E-state index in [-0.39, 0.29) is 5.75 Å². The maximum Gasteiger partial charge on any atom is 0.183 e. The second-order valence-corrected chi connectivity index (χ2v) is 5.49. The van der Waals surface area contributed by atoms with E-state index in [2.05, 4.69) is 20.3 Å². The summed E-state index contributed by atoms with van der Waals surface area (Å²) in [4.78, 5) is 12.1. The summed E-state index contributed by atoms with van der Waals surface area (Å²) in [5, 5.41) is 21.1. The first-order valence-corrected chi connectivity index (χ1v) is 7.99. The van der Waals surface area contributed by atoms with E-state index in [1.807, 2.05) is 30.6 Å². The molecule has 2 aromatic carbocycles. The highest BCUT2D eigenvalue weighted by Crippen LogP contribution is 2.25. The molecule has 6 nitrogen and oxygen atoms in total. The fourth-order valence-corrected chi connectivity index (χ4v) is 2.46. The molecular weight excluding hydrogens is 310 g/mol. The van der Waals surface area contributed by atoms with Crippen molar-refractivity contribution in [2.24, 2.45) is 4.99 Å². The molecule has 3 rings (SSSR count). The van der Waals surface area contributed by atoms with Crippen molar-refractivity contribution >= 4 is 33.7 Å². The van der Waals surface area contributed by atoms with Gasteiger partial charge >= 0.3 is 0 Å². The average Bonchev–Trinajstić information content (AvgIpc) is 2.98. The van der Waals surface area contributed by atoms with Gasteiger partial charge in [0.05, 0.1) is 16.7 Å². The van der Waals surface area contributed by atoms with Crippen LogP contribution in [0.1, 0.15) is 0 Å². The molecule has 0 amide bonds. The van der Waals surface area contributed by atoms with Crippen LogP contribution in [0, 0.1) is 11.5 Å². The number of H-pyrrole nitrogens is 1. The number of hydrogen-bond acceptors (Lipinski definition) is 5. The molecule has 114 valence electrons. The van der Waals surface area contributed by atoms with Gasteiger partial charge in [0.25, 0.3) is 0 Å². The summed E-state index contributed by atoms with van der Waals surface area (Å²) in [6.07, 6.45) is 3.71. The highest BCUT2D eigenvalue weighted by Gasteiger charge is 2.06. The zero-order valence-electron chi connectivity index (χ0n) is 12.2. The number of nitrogens with zero attached hydrogens (tertiary/aromatic N) is 3. The number of fused-ring (bicyclic) bond motifs is 1. The number of aromatic nitrogens is 2. The van der Waals surface area contributed by atoms with Gasteiger partial charge in [0.15, 0.2) is 11.4 Å². The maximum absolute atomic E-state index is 9.35. The molecule has 0 unspecified atom stereocenters. The molecule has 0 radical (unpaired) electrons. The van der Waals surface area contributed by atoms with Crippen molar-refractivity contribution in [2.45, 2.75) is 0 Å². The number of phenols is 1. The van der Waals surface area contributed by atoms with Crippen LogP contribution in [0.25, 0.3) is 22.4 Å². The van der Waals surface area contributed by atoms with Gasteiger partial charge in [-0.2, -0.15) is 5.26 Å². The van der Waals surface area contributed by atoms with Gasteiger partial charge in [0, 0.05) is 5.56 Å². The van der Waals surface area contributed by atoms with Crippen LogP contribution in [-0.2, 0) is 0 Å². The number of amidine groups is 1. The SMILES string of the molecule is CSC(=Nc1ccc2nc(-c3ccc(O)cc3)[nH]c2c1)NC#N. The summed E-state index contributed by atoms with van der Waals surface area (Å²) in [7, 11) is 0. The molecule has 3 aromatic rings. The molecule has 0 fully saturated rings. The van der Waals surface area contributed by atoms with E-state index >= 15 is 0 Å². The minimum Gasteiger partial charge on any atom is -0.508 e. The highest BCUT2D eigenvalue weighted by molar-refractivity contribution is 8.13. The Morgan fingerprint density at radius 3 is 2.78 bits per heavy atom. The fraction of sp³-hybridized carbons (Fsp3) is 0.0625. The van der Waals surface area contributed by atoms with E-state index in [9.17, 15) is 5.11 Å². The first-order chi connectivity index (χ1) is 11.2. The number of thioether (sulfide) groups is 1. The third-order valence-electron chi connectivity index (χ3n) is 3.19. The van der Waals surface area contributed by atoms with Crippen molar-refractivity contribution in [3.63, 3.8) is 0 Å². The number of imidazole rings is 1. The molecule has 7 heteroatoms.